The van der Waals surface area contributed by atoms with E-state index in [9.17, 15) is 18.8 Å². The van der Waals surface area contributed by atoms with Gasteiger partial charge in [-0.3, -0.25) is 14.4 Å². The highest BCUT2D eigenvalue weighted by atomic mass is 19.1. The van der Waals surface area contributed by atoms with Crippen molar-refractivity contribution >= 4 is 23.4 Å². The van der Waals surface area contributed by atoms with Gasteiger partial charge in [0.05, 0.1) is 17.7 Å². The number of fused-ring (bicyclic) bond motifs is 1. The molecule has 0 bridgehead atoms. The molecule has 3 atom stereocenters. The monoisotopic (exact) mass is 499 g/mol. The minimum atomic E-state index is -0.433. The van der Waals surface area contributed by atoms with Crippen LogP contribution in [-0.4, -0.2) is 73.5 Å². The highest BCUT2D eigenvalue weighted by Crippen LogP contribution is 2.27. The van der Waals surface area contributed by atoms with Gasteiger partial charge in [0, 0.05) is 56.9 Å². The van der Waals surface area contributed by atoms with Crippen LogP contribution >= 0.6 is 0 Å². The van der Waals surface area contributed by atoms with E-state index in [1.807, 2.05) is 20.8 Å². The lowest BCUT2D eigenvalue weighted by atomic mass is 10.0. The number of amides is 3. The highest BCUT2D eigenvalue weighted by Gasteiger charge is 2.30. The first-order chi connectivity index (χ1) is 17.1. The summed E-state index contributed by atoms with van der Waals surface area (Å²) in [5.74, 6) is -0.804. The third-order valence-corrected chi connectivity index (χ3v) is 6.43. The number of ether oxygens (including phenoxy) is 2. The van der Waals surface area contributed by atoms with Gasteiger partial charge in [-0.05, 0) is 43.3 Å². The maximum Gasteiger partial charge on any atom is 0.257 e. The lowest BCUT2D eigenvalue weighted by Crippen LogP contribution is -2.48. The van der Waals surface area contributed by atoms with Crippen LogP contribution in [0.25, 0.3) is 0 Å². The fourth-order valence-corrected chi connectivity index (χ4v) is 4.20. The summed E-state index contributed by atoms with van der Waals surface area (Å²) in [6.45, 7) is 6.70. The van der Waals surface area contributed by atoms with E-state index in [4.69, 9.17) is 9.47 Å². The molecule has 1 aliphatic heterocycles. The van der Waals surface area contributed by atoms with E-state index in [0.717, 1.165) is 0 Å². The summed E-state index contributed by atoms with van der Waals surface area (Å²) < 4.78 is 25.0. The fourth-order valence-electron chi connectivity index (χ4n) is 4.20. The number of methoxy groups -OCH3 is 1. The second-order valence-electron chi connectivity index (χ2n) is 9.17. The van der Waals surface area contributed by atoms with E-state index in [0.29, 0.717) is 42.1 Å². The molecule has 0 radical (unpaired) electrons. The van der Waals surface area contributed by atoms with Crippen LogP contribution in [0.5, 0.6) is 5.75 Å². The van der Waals surface area contributed by atoms with Crippen molar-refractivity contribution in [2.75, 3.05) is 39.2 Å². The average molecular weight is 500 g/mol. The van der Waals surface area contributed by atoms with Crippen LogP contribution in [0.4, 0.5) is 10.1 Å². The Morgan fingerprint density at radius 1 is 1.14 bits per heavy atom. The Balaban J connectivity index is 1.93. The van der Waals surface area contributed by atoms with E-state index in [-0.39, 0.29) is 36.5 Å². The number of nitrogens with one attached hydrogen (secondary N) is 1. The number of likely N-dealkylation sites (N-methyl/N-ethyl adjacent to an activating group) is 1. The van der Waals surface area contributed by atoms with Gasteiger partial charge in [-0.1, -0.05) is 13.8 Å². The van der Waals surface area contributed by atoms with Gasteiger partial charge in [-0.15, -0.1) is 0 Å². The number of carbonyl (C=O) groups excluding carboxylic acids is 3. The van der Waals surface area contributed by atoms with Gasteiger partial charge >= 0.3 is 0 Å². The molecule has 0 aliphatic carbocycles. The minimum absolute atomic E-state index is 0.00820. The number of nitrogens with zero attached hydrogens (tertiary/aromatic N) is 2. The van der Waals surface area contributed by atoms with Crippen molar-refractivity contribution < 1.29 is 28.2 Å². The summed E-state index contributed by atoms with van der Waals surface area (Å²) in [7, 11) is 3.30. The largest absolute Gasteiger partial charge is 0.491 e. The van der Waals surface area contributed by atoms with Crippen LogP contribution in [0.15, 0.2) is 42.5 Å². The molecule has 2 aromatic rings. The zero-order chi connectivity index (χ0) is 26.4. The standard InChI is InChI=1S/C27H34FN3O5/c1-6-25(32)31-14-17(2)24(35-5)15-30(4)27(34)22-12-11-21(13-23(22)36-16-18(31)3)29-26(33)19-7-9-20(28)10-8-19/h7-13,17-18,24H,6,14-16H2,1-5H3,(H,29,33)/t17-,18-,24-/m0/s1. The molecule has 0 unspecified atom stereocenters. The Kier molecular flexibility index (Phi) is 9.03. The smallest absolute Gasteiger partial charge is 0.257 e. The van der Waals surface area contributed by atoms with E-state index in [1.165, 1.54) is 24.3 Å². The zero-order valence-corrected chi connectivity index (χ0v) is 21.4. The SMILES string of the molecule is CCC(=O)N1C[C@H](C)[C@@H](OC)CN(C)C(=O)c2ccc(NC(=O)c3ccc(F)cc3)cc2OC[C@@H]1C. The normalized spacial score (nSPS) is 21.1. The number of rotatable bonds is 4. The Morgan fingerprint density at radius 2 is 1.83 bits per heavy atom. The maximum absolute atomic E-state index is 13.3. The molecule has 0 saturated carbocycles. The van der Waals surface area contributed by atoms with Gasteiger partial charge in [0.1, 0.15) is 18.2 Å². The summed E-state index contributed by atoms with van der Waals surface area (Å²) in [5.41, 5.74) is 1.05. The summed E-state index contributed by atoms with van der Waals surface area (Å²) in [5, 5.41) is 2.76. The quantitative estimate of drug-likeness (QED) is 0.691. The van der Waals surface area contributed by atoms with Gasteiger partial charge < -0.3 is 24.6 Å². The number of hydrogen-bond acceptors (Lipinski definition) is 5. The first-order valence-corrected chi connectivity index (χ1v) is 12.1. The Hall–Kier alpha value is -3.46. The van der Waals surface area contributed by atoms with E-state index in [1.54, 1.807) is 42.2 Å². The molecule has 9 heteroatoms. The lowest BCUT2D eigenvalue weighted by Gasteiger charge is -2.36. The second-order valence-corrected chi connectivity index (χ2v) is 9.17. The number of carbonyl (C=O) groups is 3. The van der Waals surface area contributed by atoms with E-state index >= 15 is 0 Å². The Bertz CT molecular complexity index is 1090. The summed E-state index contributed by atoms with van der Waals surface area (Å²) in [6.07, 6.45) is 0.0971. The number of benzene rings is 2. The third kappa shape index (κ3) is 6.40. The molecule has 2 aromatic carbocycles. The summed E-state index contributed by atoms with van der Waals surface area (Å²) >= 11 is 0. The van der Waals surface area contributed by atoms with Gasteiger partial charge in [0.25, 0.3) is 11.8 Å². The summed E-state index contributed by atoms with van der Waals surface area (Å²) in [6, 6.07) is 9.76. The van der Waals surface area contributed by atoms with Crippen molar-refractivity contribution in [2.45, 2.75) is 39.3 Å². The maximum atomic E-state index is 13.3. The first kappa shape index (κ1) is 27.1. The Labute approximate surface area is 211 Å². The van der Waals surface area contributed by atoms with Crippen LogP contribution < -0.4 is 10.1 Å². The van der Waals surface area contributed by atoms with Crippen molar-refractivity contribution in [3.05, 3.63) is 59.4 Å². The van der Waals surface area contributed by atoms with E-state index < -0.39 is 11.7 Å². The van der Waals surface area contributed by atoms with Crippen LogP contribution in [0, 0.1) is 11.7 Å². The molecule has 8 nitrogen and oxygen atoms in total. The Morgan fingerprint density at radius 3 is 2.47 bits per heavy atom. The average Bonchev–Trinajstić information content (AvgIpc) is 2.87. The van der Waals surface area contributed by atoms with Gasteiger partial charge in [0.2, 0.25) is 5.91 Å². The molecule has 194 valence electrons. The molecular formula is C27H34FN3O5. The molecule has 0 spiro atoms. The fraction of sp³-hybridized carbons (Fsp3) is 0.444. The van der Waals surface area contributed by atoms with Crippen molar-refractivity contribution in [3.8, 4) is 5.75 Å². The number of hydrogen-bond donors (Lipinski definition) is 1. The molecule has 0 aromatic heterocycles. The molecule has 1 aliphatic rings. The molecule has 1 N–H and O–H groups in total. The highest BCUT2D eigenvalue weighted by molar-refractivity contribution is 6.05. The van der Waals surface area contributed by atoms with Crippen molar-refractivity contribution in [1.29, 1.82) is 0 Å². The van der Waals surface area contributed by atoms with Gasteiger partial charge in [0.15, 0.2) is 0 Å². The van der Waals surface area contributed by atoms with Crippen LogP contribution in [0.2, 0.25) is 0 Å². The summed E-state index contributed by atoms with van der Waals surface area (Å²) in [4.78, 5) is 42.0. The molecule has 36 heavy (non-hydrogen) atoms. The van der Waals surface area contributed by atoms with Crippen LogP contribution in [-0.2, 0) is 9.53 Å². The molecule has 1 heterocycles. The third-order valence-electron chi connectivity index (χ3n) is 6.43. The van der Waals surface area contributed by atoms with Crippen molar-refractivity contribution in [3.63, 3.8) is 0 Å². The molecule has 3 amide bonds. The first-order valence-electron chi connectivity index (χ1n) is 12.1. The lowest BCUT2D eigenvalue weighted by molar-refractivity contribution is -0.135. The molecule has 0 saturated heterocycles. The molecule has 3 rings (SSSR count). The molecular weight excluding hydrogens is 465 g/mol. The topological polar surface area (TPSA) is 88.2 Å². The zero-order valence-electron chi connectivity index (χ0n) is 21.4. The van der Waals surface area contributed by atoms with Crippen molar-refractivity contribution in [1.82, 2.24) is 9.80 Å². The number of anilines is 1. The minimum Gasteiger partial charge on any atom is -0.491 e. The number of halogens is 1. The second kappa shape index (κ2) is 12.0. The van der Waals surface area contributed by atoms with Crippen LogP contribution in [0.1, 0.15) is 47.9 Å². The van der Waals surface area contributed by atoms with Crippen molar-refractivity contribution in [2.24, 2.45) is 5.92 Å². The predicted octanol–water partition coefficient (Wildman–Crippen LogP) is 3.82. The van der Waals surface area contributed by atoms with Gasteiger partial charge in [-0.2, -0.15) is 0 Å². The van der Waals surface area contributed by atoms with E-state index in [2.05, 4.69) is 5.32 Å². The van der Waals surface area contributed by atoms with Gasteiger partial charge in [-0.25, -0.2) is 4.39 Å². The van der Waals surface area contributed by atoms with Crippen LogP contribution in [0.3, 0.4) is 0 Å². The molecule has 0 fully saturated rings. The predicted molar refractivity (Wildman–Crippen MR) is 135 cm³/mol.